The van der Waals surface area contributed by atoms with E-state index in [1.54, 1.807) is 12.3 Å². The molecule has 0 saturated carbocycles. The van der Waals surface area contributed by atoms with Crippen molar-refractivity contribution in [3.63, 3.8) is 0 Å². The second-order valence-electron chi connectivity index (χ2n) is 7.21. The number of nitrogens with one attached hydrogen (secondary N) is 1. The minimum atomic E-state index is -0.182. The monoisotopic (exact) mass is 373 g/mol. The summed E-state index contributed by atoms with van der Waals surface area (Å²) in [4.78, 5) is 13.4. The van der Waals surface area contributed by atoms with Crippen LogP contribution in [0.4, 0.5) is 16.2 Å². The molecule has 1 unspecified atom stereocenters. The molecule has 27 heavy (non-hydrogen) atoms. The highest BCUT2D eigenvalue weighted by Crippen LogP contribution is 2.21. The Morgan fingerprint density at radius 2 is 2.07 bits per heavy atom. The zero-order valence-electron chi connectivity index (χ0n) is 16.0. The molecule has 0 radical (unpaired) electrons. The van der Waals surface area contributed by atoms with Crippen LogP contribution in [0, 0.1) is 5.82 Å². The summed E-state index contributed by atoms with van der Waals surface area (Å²) in [5.74, 6) is 1.31. The lowest BCUT2D eigenvalue weighted by Gasteiger charge is -2.41. The van der Waals surface area contributed by atoms with Crippen LogP contribution in [-0.2, 0) is 6.54 Å². The van der Waals surface area contributed by atoms with Gasteiger partial charge in [0.05, 0.1) is 0 Å². The van der Waals surface area contributed by atoms with Crippen LogP contribution in [0.2, 0.25) is 0 Å². The Morgan fingerprint density at radius 3 is 2.81 bits per heavy atom. The molecule has 146 valence electrons. The van der Waals surface area contributed by atoms with E-state index in [9.17, 15) is 9.50 Å². The van der Waals surface area contributed by atoms with Gasteiger partial charge in [-0.15, -0.1) is 0 Å². The summed E-state index contributed by atoms with van der Waals surface area (Å²) in [7, 11) is 0. The number of rotatable bonds is 7. The van der Waals surface area contributed by atoms with Gasteiger partial charge in [-0.1, -0.05) is 18.2 Å². The molecule has 1 aliphatic rings. The van der Waals surface area contributed by atoms with E-state index < -0.39 is 0 Å². The number of anilines is 2. The Morgan fingerprint density at radius 1 is 1.26 bits per heavy atom. The van der Waals surface area contributed by atoms with Gasteiger partial charge >= 0.3 is 0 Å². The second-order valence-corrected chi connectivity index (χ2v) is 7.21. The maximum atomic E-state index is 14.0. The Balaban J connectivity index is 1.71. The molecule has 1 aromatic carbocycles. The van der Waals surface area contributed by atoms with E-state index in [4.69, 9.17) is 0 Å². The first-order valence-corrected chi connectivity index (χ1v) is 9.49. The number of hydrogen-bond donors (Lipinski definition) is 2. The lowest BCUT2D eigenvalue weighted by atomic mass is 10.1. The number of nitrogens with zero attached hydrogens (tertiary/aromatic N) is 4. The van der Waals surface area contributed by atoms with E-state index in [0.717, 1.165) is 18.9 Å². The fourth-order valence-electron chi connectivity index (χ4n) is 3.43. The number of hydrogen-bond acceptors (Lipinski definition) is 6. The van der Waals surface area contributed by atoms with E-state index in [-0.39, 0.29) is 18.5 Å². The molecule has 2 aromatic rings. The molecular formula is C20H28FN5O. The summed E-state index contributed by atoms with van der Waals surface area (Å²) >= 11 is 0. The zero-order chi connectivity index (χ0) is 19.2. The van der Waals surface area contributed by atoms with Gasteiger partial charge in [0.2, 0.25) is 5.95 Å². The van der Waals surface area contributed by atoms with Gasteiger partial charge < -0.3 is 15.3 Å². The van der Waals surface area contributed by atoms with Gasteiger partial charge in [0.15, 0.2) is 0 Å². The average Bonchev–Trinajstić information content (AvgIpc) is 2.65. The Bertz CT molecular complexity index is 742. The van der Waals surface area contributed by atoms with E-state index in [1.807, 2.05) is 18.2 Å². The van der Waals surface area contributed by atoms with Crippen LogP contribution >= 0.6 is 0 Å². The zero-order valence-corrected chi connectivity index (χ0v) is 16.0. The minimum absolute atomic E-state index is 0.0993. The largest absolute Gasteiger partial charge is 0.396 e. The molecule has 3 rings (SSSR count). The topological polar surface area (TPSA) is 64.5 Å². The smallest absolute Gasteiger partial charge is 0.227 e. The van der Waals surface area contributed by atoms with Crippen molar-refractivity contribution in [3.05, 3.63) is 47.9 Å². The summed E-state index contributed by atoms with van der Waals surface area (Å²) in [6, 6.07) is 9.16. The van der Waals surface area contributed by atoms with Gasteiger partial charge in [0.1, 0.15) is 11.6 Å². The van der Waals surface area contributed by atoms with Crippen LogP contribution < -0.4 is 10.2 Å². The fraction of sp³-hybridized carbons (Fsp3) is 0.500. The Kier molecular flexibility index (Phi) is 6.58. The molecule has 2 N–H and O–H groups in total. The Hall–Kier alpha value is -2.25. The standard InChI is InChI=1S/C20H28FN5O/c1-15(2)23-19-7-9-22-20(24-19)26-11-10-25(17(14-26)8-12-27)13-16-5-3-4-6-18(16)21/h3-7,9,15,17,27H,8,10-14H2,1-2H3,(H,22,23,24). The summed E-state index contributed by atoms with van der Waals surface area (Å²) in [5.41, 5.74) is 0.688. The molecule has 0 amide bonds. The summed E-state index contributed by atoms with van der Waals surface area (Å²) in [5, 5.41) is 12.8. The lowest BCUT2D eigenvalue weighted by molar-refractivity contribution is 0.133. The van der Waals surface area contributed by atoms with Crippen molar-refractivity contribution in [3.8, 4) is 0 Å². The summed E-state index contributed by atoms with van der Waals surface area (Å²) < 4.78 is 14.0. The molecule has 1 saturated heterocycles. The van der Waals surface area contributed by atoms with E-state index in [0.29, 0.717) is 37.1 Å². The van der Waals surface area contributed by atoms with Crippen molar-refractivity contribution in [2.24, 2.45) is 0 Å². The van der Waals surface area contributed by atoms with Gasteiger partial charge in [-0.05, 0) is 32.4 Å². The fourth-order valence-corrected chi connectivity index (χ4v) is 3.43. The molecule has 1 fully saturated rings. The highest BCUT2D eigenvalue weighted by molar-refractivity contribution is 5.42. The third-order valence-electron chi connectivity index (χ3n) is 4.76. The van der Waals surface area contributed by atoms with E-state index in [1.165, 1.54) is 6.07 Å². The third-order valence-corrected chi connectivity index (χ3v) is 4.76. The number of benzene rings is 1. The van der Waals surface area contributed by atoms with Crippen molar-refractivity contribution in [1.82, 2.24) is 14.9 Å². The highest BCUT2D eigenvalue weighted by Gasteiger charge is 2.28. The van der Waals surface area contributed by atoms with Crippen LogP contribution in [-0.4, -0.2) is 58.3 Å². The predicted octanol–water partition coefficient (Wildman–Crippen LogP) is 2.51. The third kappa shape index (κ3) is 5.14. The van der Waals surface area contributed by atoms with Crippen molar-refractivity contribution in [2.45, 2.75) is 38.9 Å². The van der Waals surface area contributed by atoms with Crippen LogP contribution in [0.5, 0.6) is 0 Å². The minimum Gasteiger partial charge on any atom is -0.396 e. The number of aromatic nitrogens is 2. The normalized spacial score (nSPS) is 18.1. The molecule has 6 nitrogen and oxygen atoms in total. The lowest BCUT2D eigenvalue weighted by Crippen LogP contribution is -2.53. The van der Waals surface area contributed by atoms with Gasteiger partial charge in [-0.3, -0.25) is 4.90 Å². The second kappa shape index (κ2) is 9.10. The van der Waals surface area contributed by atoms with Gasteiger partial charge in [-0.2, -0.15) is 4.98 Å². The first-order chi connectivity index (χ1) is 13.1. The summed E-state index contributed by atoms with van der Waals surface area (Å²) in [6.07, 6.45) is 2.40. The van der Waals surface area contributed by atoms with Crippen LogP contribution in [0.25, 0.3) is 0 Å². The maximum absolute atomic E-state index is 14.0. The number of aliphatic hydroxyl groups is 1. The molecule has 1 aliphatic heterocycles. The number of halogens is 1. The van der Waals surface area contributed by atoms with Crippen molar-refractivity contribution in [2.75, 3.05) is 36.5 Å². The molecule has 0 aliphatic carbocycles. The Labute approximate surface area is 160 Å². The van der Waals surface area contributed by atoms with E-state index in [2.05, 4.69) is 38.9 Å². The number of aliphatic hydroxyl groups excluding tert-OH is 1. The molecule has 7 heteroatoms. The van der Waals surface area contributed by atoms with Crippen LogP contribution in [0.3, 0.4) is 0 Å². The highest BCUT2D eigenvalue weighted by atomic mass is 19.1. The van der Waals surface area contributed by atoms with Crippen LogP contribution in [0.1, 0.15) is 25.8 Å². The quantitative estimate of drug-likeness (QED) is 0.778. The van der Waals surface area contributed by atoms with E-state index >= 15 is 0 Å². The number of piperazine rings is 1. The first kappa shape index (κ1) is 19.5. The SMILES string of the molecule is CC(C)Nc1ccnc(N2CCN(Cc3ccccc3F)C(CCO)C2)n1. The van der Waals surface area contributed by atoms with Crippen molar-refractivity contribution in [1.29, 1.82) is 0 Å². The molecule has 0 spiro atoms. The molecule has 2 heterocycles. The predicted molar refractivity (Wildman–Crippen MR) is 105 cm³/mol. The van der Waals surface area contributed by atoms with Gasteiger partial charge in [0.25, 0.3) is 0 Å². The molecule has 1 atom stereocenters. The average molecular weight is 373 g/mol. The first-order valence-electron chi connectivity index (χ1n) is 9.49. The molecule has 0 bridgehead atoms. The van der Waals surface area contributed by atoms with Crippen molar-refractivity contribution >= 4 is 11.8 Å². The van der Waals surface area contributed by atoms with Gasteiger partial charge in [0, 0.05) is 56.6 Å². The molecule has 1 aromatic heterocycles. The van der Waals surface area contributed by atoms with Crippen LogP contribution in [0.15, 0.2) is 36.5 Å². The van der Waals surface area contributed by atoms with Gasteiger partial charge in [-0.25, -0.2) is 9.37 Å². The summed E-state index contributed by atoms with van der Waals surface area (Å²) in [6.45, 7) is 7.02. The van der Waals surface area contributed by atoms with Crippen molar-refractivity contribution < 1.29 is 9.50 Å². The molecular weight excluding hydrogens is 345 g/mol. The maximum Gasteiger partial charge on any atom is 0.227 e.